The van der Waals surface area contributed by atoms with Crippen molar-refractivity contribution >= 4 is 11.2 Å². The van der Waals surface area contributed by atoms with Gasteiger partial charge in [0.25, 0.3) is 5.56 Å². The summed E-state index contributed by atoms with van der Waals surface area (Å²) in [5, 5.41) is 0. The summed E-state index contributed by atoms with van der Waals surface area (Å²) in [6.07, 6.45) is 0. The predicted molar refractivity (Wildman–Crippen MR) is 110 cm³/mol. The maximum Gasteiger partial charge on any atom is 0.332 e. The number of ether oxygens (including phenoxy) is 1. The molecule has 0 spiro atoms. The Morgan fingerprint density at radius 1 is 1.04 bits per heavy atom. The number of rotatable bonds is 7. The van der Waals surface area contributed by atoms with E-state index in [9.17, 15) is 9.59 Å². The molecule has 0 unspecified atom stereocenters. The van der Waals surface area contributed by atoms with E-state index >= 15 is 0 Å². The van der Waals surface area contributed by atoms with Crippen molar-refractivity contribution in [3.05, 3.63) is 45.1 Å². The molecule has 8 nitrogen and oxygen atoms in total. The van der Waals surface area contributed by atoms with Crippen LogP contribution in [0.3, 0.4) is 0 Å². The van der Waals surface area contributed by atoms with Gasteiger partial charge in [-0.25, -0.2) is 9.78 Å². The van der Waals surface area contributed by atoms with E-state index in [0.29, 0.717) is 23.5 Å². The fourth-order valence-corrected chi connectivity index (χ4v) is 3.41. The summed E-state index contributed by atoms with van der Waals surface area (Å²) in [7, 11) is 4.76. The molecule has 0 N–H and O–H groups in total. The lowest BCUT2D eigenvalue weighted by Gasteiger charge is -2.19. The largest absolute Gasteiger partial charge is 0.497 e. The number of fused-ring (bicyclic) bond motifs is 1. The van der Waals surface area contributed by atoms with Gasteiger partial charge in [-0.05, 0) is 37.4 Å². The van der Waals surface area contributed by atoms with E-state index in [1.165, 1.54) is 11.6 Å². The monoisotopic (exact) mass is 385 g/mol. The molecule has 0 saturated heterocycles. The van der Waals surface area contributed by atoms with Crippen LogP contribution in [0.4, 0.5) is 0 Å². The number of aryl methyl sites for hydroxylation is 1. The van der Waals surface area contributed by atoms with Crippen molar-refractivity contribution in [3.63, 3.8) is 0 Å². The number of imidazole rings is 1. The summed E-state index contributed by atoms with van der Waals surface area (Å²) >= 11 is 0. The van der Waals surface area contributed by atoms with Crippen LogP contribution in [0.2, 0.25) is 0 Å². The highest BCUT2D eigenvalue weighted by Crippen LogP contribution is 2.24. The van der Waals surface area contributed by atoms with E-state index in [0.717, 1.165) is 35.5 Å². The first-order valence-corrected chi connectivity index (χ1v) is 9.45. The zero-order valence-electron chi connectivity index (χ0n) is 17.1. The lowest BCUT2D eigenvalue weighted by atomic mass is 10.2. The summed E-state index contributed by atoms with van der Waals surface area (Å²) in [5.74, 6) is 1.42. The van der Waals surface area contributed by atoms with E-state index in [2.05, 4.69) is 23.7 Å². The topological polar surface area (TPSA) is 74.3 Å². The molecular weight excluding hydrogens is 358 g/mol. The predicted octanol–water partition coefficient (Wildman–Crippen LogP) is 1.45. The third-order valence-electron chi connectivity index (χ3n) is 5.23. The second-order valence-corrected chi connectivity index (χ2v) is 6.72. The highest BCUT2D eigenvalue weighted by atomic mass is 16.5. The fraction of sp³-hybridized carbons (Fsp3) is 0.450. The van der Waals surface area contributed by atoms with Gasteiger partial charge in [-0.3, -0.25) is 13.9 Å². The SMILES string of the molecule is CCN(CC)CCn1c(-c2ccc(OC)cc2)nc2c1c(=O)n(C)c(=O)n2C. The minimum atomic E-state index is -0.382. The molecule has 0 bridgehead atoms. The lowest BCUT2D eigenvalue weighted by Crippen LogP contribution is -2.38. The van der Waals surface area contributed by atoms with Gasteiger partial charge in [0.2, 0.25) is 0 Å². The highest BCUT2D eigenvalue weighted by molar-refractivity contribution is 5.77. The van der Waals surface area contributed by atoms with Crippen LogP contribution in [0.5, 0.6) is 5.75 Å². The maximum atomic E-state index is 12.9. The number of methoxy groups -OCH3 is 1. The molecule has 0 aliphatic carbocycles. The van der Waals surface area contributed by atoms with Crippen molar-refractivity contribution in [2.75, 3.05) is 26.7 Å². The molecule has 2 heterocycles. The quantitative estimate of drug-likeness (QED) is 0.615. The van der Waals surface area contributed by atoms with Crippen molar-refractivity contribution in [1.82, 2.24) is 23.6 Å². The minimum absolute atomic E-state index is 0.329. The Hall–Kier alpha value is -2.87. The van der Waals surface area contributed by atoms with Crippen molar-refractivity contribution in [3.8, 4) is 17.1 Å². The molecule has 0 amide bonds. The minimum Gasteiger partial charge on any atom is -0.497 e. The van der Waals surface area contributed by atoms with Crippen LogP contribution >= 0.6 is 0 Å². The van der Waals surface area contributed by atoms with Gasteiger partial charge in [0.1, 0.15) is 11.6 Å². The first-order valence-electron chi connectivity index (χ1n) is 9.45. The summed E-state index contributed by atoms with van der Waals surface area (Å²) in [5.41, 5.74) is 1.00. The van der Waals surface area contributed by atoms with Gasteiger partial charge in [-0.15, -0.1) is 0 Å². The second-order valence-electron chi connectivity index (χ2n) is 6.72. The fourth-order valence-electron chi connectivity index (χ4n) is 3.41. The third kappa shape index (κ3) is 3.35. The highest BCUT2D eigenvalue weighted by Gasteiger charge is 2.20. The molecule has 0 saturated carbocycles. The van der Waals surface area contributed by atoms with Crippen LogP contribution in [-0.2, 0) is 20.6 Å². The molecule has 0 atom stereocenters. The average Bonchev–Trinajstić information content (AvgIpc) is 3.11. The summed E-state index contributed by atoms with van der Waals surface area (Å²) in [4.78, 5) is 32.2. The zero-order chi connectivity index (χ0) is 20.4. The Morgan fingerprint density at radius 2 is 1.68 bits per heavy atom. The Bertz CT molecular complexity index is 1090. The number of aromatic nitrogens is 4. The normalized spacial score (nSPS) is 11.5. The van der Waals surface area contributed by atoms with Crippen LogP contribution in [0.25, 0.3) is 22.6 Å². The number of nitrogens with zero attached hydrogens (tertiary/aromatic N) is 5. The third-order valence-corrected chi connectivity index (χ3v) is 5.23. The first kappa shape index (κ1) is 19.9. The van der Waals surface area contributed by atoms with Crippen LogP contribution < -0.4 is 16.0 Å². The van der Waals surface area contributed by atoms with Gasteiger partial charge in [-0.2, -0.15) is 0 Å². The number of benzene rings is 1. The maximum absolute atomic E-state index is 12.9. The first-order chi connectivity index (χ1) is 13.4. The van der Waals surface area contributed by atoms with Gasteiger partial charge >= 0.3 is 5.69 Å². The Balaban J connectivity index is 2.24. The van der Waals surface area contributed by atoms with Gasteiger partial charge in [-0.1, -0.05) is 13.8 Å². The standard InChI is InChI=1S/C20H27N5O3/c1-6-24(7-2)12-13-25-16-18(22(3)20(27)23(4)19(16)26)21-17(25)14-8-10-15(28-5)11-9-14/h8-11H,6-7,12-13H2,1-5H3. The number of hydrogen-bond acceptors (Lipinski definition) is 5. The molecule has 1 aromatic carbocycles. The molecule has 0 radical (unpaired) electrons. The van der Waals surface area contributed by atoms with Crippen LogP contribution in [-0.4, -0.2) is 50.3 Å². The van der Waals surface area contributed by atoms with Crippen molar-refractivity contribution in [2.24, 2.45) is 14.1 Å². The Morgan fingerprint density at radius 3 is 2.25 bits per heavy atom. The molecule has 0 aliphatic heterocycles. The summed E-state index contributed by atoms with van der Waals surface area (Å²) < 4.78 is 9.73. The van der Waals surface area contributed by atoms with Gasteiger partial charge < -0.3 is 14.2 Å². The van der Waals surface area contributed by atoms with E-state index in [1.807, 2.05) is 28.8 Å². The molecule has 150 valence electrons. The smallest absolute Gasteiger partial charge is 0.332 e. The zero-order valence-corrected chi connectivity index (χ0v) is 17.1. The Kier molecular flexibility index (Phi) is 5.69. The molecule has 3 aromatic rings. The lowest BCUT2D eigenvalue weighted by molar-refractivity contribution is 0.292. The molecule has 0 fully saturated rings. The van der Waals surface area contributed by atoms with Crippen LogP contribution in [0.15, 0.2) is 33.9 Å². The summed E-state index contributed by atoms with van der Waals surface area (Å²) in [6.45, 7) is 7.47. The van der Waals surface area contributed by atoms with Crippen molar-refractivity contribution < 1.29 is 4.74 Å². The van der Waals surface area contributed by atoms with Crippen molar-refractivity contribution in [2.45, 2.75) is 20.4 Å². The van der Waals surface area contributed by atoms with E-state index in [-0.39, 0.29) is 11.2 Å². The molecule has 2 aromatic heterocycles. The molecule has 0 aliphatic rings. The average molecular weight is 385 g/mol. The second kappa shape index (κ2) is 8.02. The Labute approximate surface area is 163 Å². The van der Waals surface area contributed by atoms with E-state index in [1.54, 1.807) is 14.2 Å². The van der Waals surface area contributed by atoms with Crippen LogP contribution in [0.1, 0.15) is 13.8 Å². The van der Waals surface area contributed by atoms with E-state index < -0.39 is 0 Å². The van der Waals surface area contributed by atoms with Gasteiger partial charge in [0.15, 0.2) is 11.2 Å². The molecule has 28 heavy (non-hydrogen) atoms. The molecule has 3 rings (SSSR count). The van der Waals surface area contributed by atoms with Gasteiger partial charge in [0, 0.05) is 32.7 Å². The van der Waals surface area contributed by atoms with E-state index in [4.69, 9.17) is 4.74 Å². The molecular formula is C20H27N5O3. The number of hydrogen-bond donors (Lipinski definition) is 0. The molecule has 8 heteroatoms. The number of likely N-dealkylation sites (N-methyl/N-ethyl adjacent to an activating group) is 1. The summed E-state index contributed by atoms with van der Waals surface area (Å²) in [6, 6.07) is 7.55. The van der Waals surface area contributed by atoms with Gasteiger partial charge in [0.05, 0.1) is 7.11 Å². The van der Waals surface area contributed by atoms with Crippen molar-refractivity contribution in [1.29, 1.82) is 0 Å². The van der Waals surface area contributed by atoms with Crippen LogP contribution in [0, 0.1) is 0 Å².